The van der Waals surface area contributed by atoms with E-state index in [0.29, 0.717) is 18.2 Å². The molecule has 0 spiro atoms. The maximum Gasteiger partial charge on any atom is 0.273 e. The zero-order valence-corrected chi connectivity index (χ0v) is 12.8. The molecule has 1 fully saturated rings. The number of nitrogens with zero attached hydrogens (tertiary/aromatic N) is 2. The van der Waals surface area contributed by atoms with Gasteiger partial charge in [0.25, 0.3) is 5.91 Å². The molecule has 1 aromatic carbocycles. The lowest BCUT2D eigenvalue weighted by Crippen LogP contribution is -2.28. The van der Waals surface area contributed by atoms with Crippen LogP contribution in [0.25, 0.3) is 0 Å². The van der Waals surface area contributed by atoms with Crippen molar-refractivity contribution in [2.45, 2.75) is 25.2 Å². The van der Waals surface area contributed by atoms with E-state index in [2.05, 4.69) is 34.6 Å². The Morgan fingerprint density at radius 1 is 1.36 bits per heavy atom. The molecule has 1 heterocycles. The number of nitrogens with one attached hydrogen (secondary N) is 1. The van der Waals surface area contributed by atoms with Crippen molar-refractivity contribution < 1.29 is 9.32 Å². The Morgan fingerprint density at radius 3 is 2.86 bits per heavy atom. The first-order valence-corrected chi connectivity index (χ1v) is 7.75. The van der Waals surface area contributed by atoms with E-state index >= 15 is 0 Å². The monoisotopic (exact) mass is 299 g/mol. The lowest BCUT2D eigenvalue weighted by molar-refractivity contribution is 0.0944. The van der Waals surface area contributed by atoms with Crippen molar-refractivity contribution >= 4 is 11.6 Å². The van der Waals surface area contributed by atoms with Crippen LogP contribution < -0.4 is 10.2 Å². The smallest absolute Gasteiger partial charge is 0.273 e. The number of hydrogen-bond acceptors (Lipinski definition) is 4. The van der Waals surface area contributed by atoms with Crippen LogP contribution in [-0.4, -0.2) is 31.2 Å². The van der Waals surface area contributed by atoms with E-state index in [9.17, 15) is 4.79 Å². The molecule has 0 aliphatic heterocycles. The Balaban J connectivity index is 1.39. The molecule has 1 saturated carbocycles. The quantitative estimate of drug-likeness (QED) is 0.799. The first-order valence-electron chi connectivity index (χ1n) is 7.75. The molecule has 1 aromatic heterocycles. The third-order valence-corrected chi connectivity index (χ3v) is 3.89. The average Bonchev–Trinajstić information content (AvgIpc) is 3.29. The Bertz CT molecular complexity index is 620. The van der Waals surface area contributed by atoms with Crippen LogP contribution in [0.3, 0.4) is 0 Å². The van der Waals surface area contributed by atoms with E-state index < -0.39 is 0 Å². The van der Waals surface area contributed by atoms with E-state index in [1.54, 1.807) is 6.07 Å². The molecule has 1 aliphatic carbocycles. The number of carbonyl (C=O) groups excluding carboxylic acids is 1. The lowest BCUT2D eigenvalue weighted by Gasteiger charge is -2.19. The standard InChI is InChI=1S/C17H21N3O2/c1-20(14-6-3-2-4-7-14)11-5-10-18-17(21)15-12-16(22-19-15)13-8-9-13/h2-4,6-7,12-13H,5,8-11H2,1H3,(H,18,21). The first-order chi connectivity index (χ1) is 10.7. The van der Waals surface area contributed by atoms with Crippen LogP contribution in [0.4, 0.5) is 5.69 Å². The second kappa shape index (κ2) is 6.64. The van der Waals surface area contributed by atoms with E-state index in [1.807, 2.05) is 18.2 Å². The van der Waals surface area contributed by atoms with E-state index in [0.717, 1.165) is 31.6 Å². The van der Waals surface area contributed by atoms with Gasteiger partial charge >= 0.3 is 0 Å². The van der Waals surface area contributed by atoms with Crippen LogP contribution in [0, 0.1) is 0 Å². The summed E-state index contributed by atoms with van der Waals surface area (Å²) < 4.78 is 5.19. The molecule has 1 N–H and O–H groups in total. The van der Waals surface area contributed by atoms with Gasteiger partial charge in [-0.3, -0.25) is 4.79 Å². The van der Waals surface area contributed by atoms with Crippen molar-refractivity contribution in [2.75, 3.05) is 25.0 Å². The van der Waals surface area contributed by atoms with E-state index in [-0.39, 0.29) is 5.91 Å². The molecular formula is C17H21N3O2. The molecule has 3 rings (SSSR count). The highest BCUT2D eigenvalue weighted by molar-refractivity contribution is 5.92. The summed E-state index contributed by atoms with van der Waals surface area (Å²) in [6.07, 6.45) is 3.16. The third kappa shape index (κ3) is 3.67. The first kappa shape index (κ1) is 14.6. The summed E-state index contributed by atoms with van der Waals surface area (Å²) in [7, 11) is 2.05. The number of anilines is 1. The number of hydrogen-bond donors (Lipinski definition) is 1. The van der Waals surface area contributed by atoms with Crippen molar-refractivity contribution in [1.29, 1.82) is 0 Å². The van der Waals surface area contributed by atoms with Crippen LogP contribution in [-0.2, 0) is 0 Å². The van der Waals surface area contributed by atoms with E-state index in [1.165, 1.54) is 5.69 Å². The lowest BCUT2D eigenvalue weighted by atomic mass is 10.2. The molecule has 1 aliphatic rings. The van der Waals surface area contributed by atoms with Gasteiger partial charge in [-0.05, 0) is 31.4 Å². The predicted octanol–water partition coefficient (Wildman–Crippen LogP) is 2.81. The normalized spacial score (nSPS) is 13.9. The molecule has 22 heavy (non-hydrogen) atoms. The maximum atomic E-state index is 12.0. The number of carbonyl (C=O) groups is 1. The minimum Gasteiger partial charge on any atom is -0.375 e. The number of aromatic nitrogens is 1. The minimum atomic E-state index is -0.155. The van der Waals surface area contributed by atoms with Gasteiger partial charge in [0.2, 0.25) is 0 Å². The zero-order chi connectivity index (χ0) is 15.4. The Morgan fingerprint density at radius 2 is 2.14 bits per heavy atom. The molecule has 0 atom stereocenters. The second-order valence-corrected chi connectivity index (χ2v) is 5.76. The van der Waals surface area contributed by atoms with Gasteiger partial charge in [0.05, 0.1) is 0 Å². The zero-order valence-electron chi connectivity index (χ0n) is 12.8. The van der Waals surface area contributed by atoms with Crippen molar-refractivity contribution in [2.24, 2.45) is 0 Å². The molecule has 5 nitrogen and oxygen atoms in total. The van der Waals surface area contributed by atoms with Crippen LogP contribution in [0.15, 0.2) is 40.9 Å². The van der Waals surface area contributed by atoms with Gasteiger partial charge in [-0.2, -0.15) is 0 Å². The highest BCUT2D eigenvalue weighted by Crippen LogP contribution is 2.40. The molecule has 5 heteroatoms. The van der Waals surface area contributed by atoms with Crippen LogP contribution in [0.5, 0.6) is 0 Å². The molecule has 0 saturated heterocycles. The maximum absolute atomic E-state index is 12.0. The summed E-state index contributed by atoms with van der Waals surface area (Å²) in [5.41, 5.74) is 1.57. The fourth-order valence-corrected chi connectivity index (χ4v) is 2.38. The Kier molecular flexibility index (Phi) is 4.42. The molecule has 2 aromatic rings. The van der Waals surface area contributed by atoms with Gasteiger partial charge in [0, 0.05) is 37.8 Å². The van der Waals surface area contributed by atoms with Crippen molar-refractivity contribution in [3.63, 3.8) is 0 Å². The van der Waals surface area contributed by atoms with Gasteiger partial charge in [-0.25, -0.2) is 0 Å². The van der Waals surface area contributed by atoms with Crippen LogP contribution in [0.1, 0.15) is 41.4 Å². The molecule has 0 radical (unpaired) electrons. The molecule has 116 valence electrons. The average molecular weight is 299 g/mol. The fourth-order valence-electron chi connectivity index (χ4n) is 2.38. The highest BCUT2D eigenvalue weighted by Gasteiger charge is 2.28. The van der Waals surface area contributed by atoms with Crippen molar-refractivity contribution in [1.82, 2.24) is 10.5 Å². The van der Waals surface area contributed by atoms with Crippen molar-refractivity contribution in [3.05, 3.63) is 47.9 Å². The summed E-state index contributed by atoms with van der Waals surface area (Å²) in [4.78, 5) is 14.1. The Labute approximate surface area is 130 Å². The SMILES string of the molecule is CN(CCCNC(=O)c1cc(C2CC2)on1)c1ccccc1. The van der Waals surface area contributed by atoms with Crippen LogP contribution >= 0.6 is 0 Å². The molecule has 0 bridgehead atoms. The van der Waals surface area contributed by atoms with Crippen molar-refractivity contribution in [3.8, 4) is 0 Å². The second-order valence-electron chi connectivity index (χ2n) is 5.76. The molecule has 0 unspecified atom stereocenters. The van der Waals surface area contributed by atoms with E-state index in [4.69, 9.17) is 4.52 Å². The highest BCUT2D eigenvalue weighted by atomic mass is 16.5. The summed E-state index contributed by atoms with van der Waals surface area (Å²) in [5.74, 6) is 1.17. The van der Waals surface area contributed by atoms with Crippen LogP contribution in [0.2, 0.25) is 0 Å². The van der Waals surface area contributed by atoms with Gasteiger partial charge < -0.3 is 14.7 Å². The molecular weight excluding hydrogens is 278 g/mol. The summed E-state index contributed by atoms with van der Waals surface area (Å²) >= 11 is 0. The number of para-hydroxylation sites is 1. The summed E-state index contributed by atoms with van der Waals surface area (Å²) in [6.45, 7) is 1.51. The number of amides is 1. The molecule has 1 amide bonds. The Hall–Kier alpha value is -2.30. The predicted molar refractivity (Wildman–Crippen MR) is 85.1 cm³/mol. The third-order valence-electron chi connectivity index (χ3n) is 3.89. The minimum absolute atomic E-state index is 0.155. The van der Waals surface area contributed by atoms with Gasteiger partial charge in [0.1, 0.15) is 5.76 Å². The summed E-state index contributed by atoms with van der Waals surface area (Å²) in [6, 6.07) is 12.0. The topological polar surface area (TPSA) is 58.4 Å². The summed E-state index contributed by atoms with van der Waals surface area (Å²) in [5, 5.41) is 6.73. The largest absolute Gasteiger partial charge is 0.375 e. The van der Waals surface area contributed by atoms with Gasteiger partial charge in [-0.1, -0.05) is 23.4 Å². The fraction of sp³-hybridized carbons (Fsp3) is 0.412. The van der Waals surface area contributed by atoms with Gasteiger partial charge in [-0.15, -0.1) is 0 Å². The number of benzene rings is 1. The number of rotatable bonds is 7. The van der Waals surface area contributed by atoms with Gasteiger partial charge in [0.15, 0.2) is 5.69 Å².